The van der Waals surface area contributed by atoms with Gasteiger partial charge in [0.1, 0.15) is 12.4 Å². The number of likely N-dealkylation sites (tertiary alicyclic amines) is 1. The lowest BCUT2D eigenvalue weighted by Gasteiger charge is -2.34. The molecule has 1 fully saturated rings. The van der Waals surface area contributed by atoms with Crippen molar-refractivity contribution in [2.24, 2.45) is 16.9 Å². The van der Waals surface area contributed by atoms with Crippen molar-refractivity contribution < 1.29 is 4.74 Å². The van der Waals surface area contributed by atoms with Gasteiger partial charge in [-0.15, -0.1) is 0 Å². The average molecular weight is 351 g/mol. The molecule has 0 spiro atoms. The summed E-state index contributed by atoms with van der Waals surface area (Å²) in [6.07, 6.45) is 3.16. The van der Waals surface area contributed by atoms with Crippen LogP contribution in [0.25, 0.3) is 0 Å². The third kappa shape index (κ3) is 5.88. The van der Waals surface area contributed by atoms with E-state index < -0.39 is 0 Å². The van der Waals surface area contributed by atoms with E-state index in [4.69, 9.17) is 4.74 Å². The van der Waals surface area contributed by atoms with Crippen molar-refractivity contribution in [3.63, 3.8) is 0 Å². The molecule has 2 aromatic carbocycles. The molecule has 1 aliphatic heterocycles. The molecule has 138 valence electrons. The predicted molar refractivity (Wildman–Crippen MR) is 109 cm³/mol. The summed E-state index contributed by atoms with van der Waals surface area (Å²) in [7, 11) is 0. The lowest BCUT2D eigenvalue weighted by atomic mass is 9.92. The fourth-order valence-corrected chi connectivity index (χ4v) is 3.65. The molecule has 0 aromatic heterocycles. The van der Waals surface area contributed by atoms with Crippen LogP contribution in [0.3, 0.4) is 0 Å². The summed E-state index contributed by atoms with van der Waals surface area (Å²) in [6, 6.07) is 18.0. The number of piperidine rings is 1. The topological polar surface area (TPSA) is 36.9 Å². The lowest BCUT2D eigenvalue weighted by molar-refractivity contribution is 0.120. The van der Waals surface area contributed by atoms with Crippen LogP contribution in [0.2, 0.25) is 0 Å². The number of nitrogens with one attached hydrogen (secondary N) is 1. The van der Waals surface area contributed by atoms with Crippen LogP contribution in [0, 0.1) is 11.8 Å². The second kappa shape index (κ2) is 9.39. The van der Waals surface area contributed by atoms with E-state index in [0.717, 1.165) is 42.0 Å². The number of hydrogen-bond donors (Lipinski definition) is 1. The van der Waals surface area contributed by atoms with Crippen LogP contribution in [0.4, 0.5) is 5.69 Å². The first-order chi connectivity index (χ1) is 12.7. The summed E-state index contributed by atoms with van der Waals surface area (Å²) in [5, 5.41) is 4.28. The molecule has 4 heteroatoms. The van der Waals surface area contributed by atoms with E-state index in [-0.39, 0.29) is 0 Å². The normalized spacial score (nSPS) is 21.0. The Kier molecular flexibility index (Phi) is 6.67. The Hall–Kier alpha value is -2.33. The number of anilines is 1. The Balaban J connectivity index is 1.46. The highest BCUT2D eigenvalue weighted by atomic mass is 16.5. The molecule has 0 saturated carbocycles. The molecular weight excluding hydrogens is 322 g/mol. The summed E-state index contributed by atoms with van der Waals surface area (Å²) < 4.78 is 5.96. The quantitative estimate of drug-likeness (QED) is 0.590. The van der Waals surface area contributed by atoms with Crippen LogP contribution in [0.15, 0.2) is 59.7 Å². The highest BCUT2D eigenvalue weighted by Crippen LogP contribution is 2.20. The van der Waals surface area contributed by atoms with E-state index in [9.17, 15) is 0 Å². The van der Waals surface area contributed by atoms with Crippen LogP contribution in [-0.4, -0.2) is 37.4 Å². The highest BCUT2D eigenvalue weighted by molar-refractivity contribution is 5.80. The van der Waals surface area contributed by atoms with Gasteiger partial charge in [-0.2, -0.15) is 5.10 Å². The van der Waals surface area contributed by atoms with Gasteiger partial charge in [0.25, 0.3) is 0 Å². The van der Waals surface area contributed by atoms with Gasteiger partial charge in [-0.05, 0) is 48.1 Å². The van der Waals surface area contributed by atoms with Crippen LogP contribution in [-0.2, 0) is 0 Å². The van der Waals surface area contributed by atoms with Crippen LogP contribution in [0.1, 0.15) is 25.8 Å². The van der Waals surface area contributed by atoms with Crippen LogP contribution in [0.5, 0.6) is 5.75 Å². The molecule has 2 unspecified atom stereocenters. The Labute approximate surface area is 156 Å². The smallest absolute Gasteiger partial charge is 0.120 e. The molecule has 1 saturated heterocycles. The summed E-state index contributed by atoms with van der Waals surface area (Å²) in [6.45, 7) is 8.77. The van der Waals surface area contributed by atoms with Crippen molar-refractivity contribution in [3.05, 3.63) is 60.2 Å². The van der Waals surface area contributed by atoms with E-state index in [0.29, 0.717) is 0 Å². The van der Waals surface area contributed by atoms with E-state index in [1.165, 1.54) is 19.5 Å². The standard InChI is InChI=1S/C22H29N3O/c1-18-13-19(2)17-25(16-18)11-12-26-22-10-6-7-20(14-22)15-23-24-21-8-4-3-5-9-21/h3-10,14-15,18-19,24H,11-13,16-17H2,1-2H3. The maximum Gasteiger partial charge on any atom is 0.120 e. The minimum absolute atomic E-state index is 0.725. The summed E-state index contributed by atoms with van der Waals surface area (Å²) in [5.41, 5.74) is 5.02. The number of nitrogens with zero attached hydrogens (tertiary/aromatic N) is 2. The Morgan fingerprint density at radius 2 is 1.85 bits per heavy atom. The molecule has 1 heterocycles. The Morgan fingerprint density at radius 1 is 1.08 bits per heavy atom. The number of benzene rings is 2. The van der Waals surface area contributed by atoms with Crippen LogP contribution >= 0.6 is 0 Å². The van der Waals surface area contributed by atoms with E-state index >= 15 is 0 Å². The van der Waals surface area contributed by atoms with Gasteiger partial charge < -0.3 is 4.74 Å². The molecule has 3 rings (SSSR count). The average Bonchev–Trinajstić information content (AvgIpc) is 2.62. The number of para-hydroxylation sites is 1. The highest BCUT2D eigenvalue weighted by Gasteiger charge is 2.21. The molecular formula is C22H29N3O. The molecule has 2 aromatic rings. The monoisotopic (exact) mass is 351 g/mol. The van der Waals surface area contributed by atoms with Crippen molar-refractivity contribution in [2.45, 2.75) is 20.3 Å². The molecule has 26 heavy (non-hydrogen) atoms. The predicted octanol–water partition coefficient (Wildman–Crippen LogP) is 4.49. The first kappa shape index (κ1) is 18.5. The molecule has 1 N–H and O–H groups in total. The third-order valence-electron chi connectivity index (χ3n) is 4.66. The van der Waals surface area contributed by atoms with Gasteiger partial charge in [0, 0.05) is 19.6 Å². The minimum atomic E-state index is 0.725. The van der Waals surface area contributed by atoms with Gasteiger partial charge >= 0.3 is 0 Å². The van der Waals surface area contributed by atoms with Gasteiger partial charge in [-0.1, -0.05) is 44.2 Å². The third-order valence-corrected chi connectivity index (χ3v) is 4.66. The first-order valence-electron chi connectivity index (χ1n) is 9.48. The maximum absolute atomic E-state index is 5.96. The first-order valence-corrected chi connectivity index (χ1v) is 9.48. The van der Waals surface area contributed by atoms with Crippen molar-refractivity contribution >= 4 is 11.9 Å². The molecule has 0 amide bonds. The van der Waals surface area contributed by atoms with Gasteiger partial charge in [0.2, 0.25) is 0 Å². The van der Waals surface area contributed by atoms with Crippen molar-refractivity contribution in [3.8, 4) is 5.75 Å². The van der Waals surface area contributed by atoms with Gasteiger partial charge in [-0.3, -0.25) is 10.3 Å². The lowest BCUT2D eigenvalue weighted by Crippen LogP contribution is -2.40. The number of hydrogen-bond acceptors (Lipinski definition) is 4. The maximum atomic E-state index is 5.96. The molecule has 0 radical (unpaired) electrons. The zero-order valence-corrected chi connectivity index (χ0v) is 15.8. The SMILES string of the molecule is CC1CC(C)CN(CCOc2cccc(C=NNc3ccccc3)c2)C1. The van der Waals surface area contributed by atoms with Crippen molar-refractivity contribution in [1.29, 1.82) is 0 Å². The van der Waals surface area contributed by atoms with Crippen molar-refractivity contribution in [2.75, 3.05) is 31.7 Å². The summed E-state index contributed by atoms with van der Waals surface area (Å²) in [5.74, 6) is 2.47. The minimum Gasteiger partial charge on any atom is -0.492 e. The van der Waals surface area contributed by atoms with Gasteiger partial charge in [0.05, 0.1) is 11.9 Å². The molecule has 0 aliphatic carbocycles. The molecule has 0 bridgehead atoms. The van der Waals surface area contributed by atoms with Crippen molar-refractivity contribution in [1.82, 2.24) is 4.90 Å². The van der Waals surface area contributed by atoms with Gasteiger partial charge in [0.15, 0.2) is 0 Å². The zero-order chi connectivity index (χ0) is 18.2. The molecule has 1 aliphatic rings. The second-order valence-corrected chi connectivity index (χ2v) is 7.36. The number of rotatable bonds is 7. The zero-order valence-electron chi connectivity index (χ0n) is 15.8. The largest absolute Gasteiger partial charge is 0.492 e. The fourth-order valence-electron chi connectivity index (χ4n) is 3.65. The van der Waals surface area contributed by atoms with E-state index in [2.05, 4.69) is 29.3 Å². The fraction of sp³-hybridized carbons (Fsp3) is 0.409. The van der Waals surface area contributed by atoms with E-state index in [1.807, 2.05) is 60.8 Å². The molecule has 2 atom stereocenters. The van der Waals surface area contributed by atoms with Gasteiger partial charge in [-0.25, -0.2) is 0 Å². The summed E-state index contributed by atoms with van der Waals surface area (Å²) in [4.78, 5) is 2.52. The number of hydrazone groups is 1. The Morgan fingerprint density at radius 3 is 2.62 bits per heavy atom. The Bertz CT molecular complexity index is 692. The second-order valence-electron chi connectivity index (χ2n) is 7.36. The molecule has 4 nitrogen and oxygen atoms in total. The van der Waals surface area contributed by atoms with E-state index in [1.54, 1.807) is 0 Å². The number of ether oxygens (including phenoxy) is 1. The summed E-state index contributed by atoms with van der Waals surface area (Å²) >= 11 is 0. The van der Waals surface area contributed by atoms with Crippen LogP contribution < -0.4 is 10.2 Å².